The maximum atomic E-state index is 12.4. The van der Waals surface area contributed by atoms with Crippen LogP contribution in [0.2, 0.25) is 0 Å². The summed E-state index contributed by atoms with van der Waals surface area (Å²) < 4.78 is 4.72. The summed E-state index contributed by atoms with van der Waals surface area (Å²) in [6.07, 6.45) is 5.34. The van der Waals surface area contributed by atoms with E-state index >= 15 is 0 Å². The first-order chi connectivity index (χ1) is 11.4. The highest BCUT2D eigenvalue weighted by atomic mass is 16.5. The summed E-state index contributed by atoms with van der Waals surface area (Å²) in [6, 6.07) is 0.290. The third-order valence-corrected chi connectivity index (χ3v) is 4.86. The Morgan fingerprint density at radius 3 is 2.58 bits per heavy atom. The third kappa shape index (κ3) is 4.32. The Balaban J connectivity index is 1.96. The molecule has 1 aromatic heterocycles. The first-order valence-electron chi connectivity index (χ1n) is 8.49. The van der Waals surface area contributed by atoms with Crippen LogP contribution < -0.4 is 5.32 Å². The Hall–Kier alpha value is -1.95. The number of nitrogens with one attached hydrogen (secondary N) is 1. The zero-order valence-corrected chi connectivity index (χ0v) is 15.0. The first-order valence-corrected chi connectivity index (χ1v) is 8.49. The molecule has 1 fully saturated rings. The number of carbonyl (C=O) groups excluding carboxylic acids is 2. The minimum absolute atomic E-state index is 0.206. The fourth-order valence-corrected chi connectivity index (χ4v) is 3.00. The van der Waals surface area contributed by atoms with Crippen molar-refractivity contribution in [1.29, 1.82) is 0 Å². The van der Waals surface area contributed by atoms with Gasteiger partial charge in [-0.15, -0.1) is 0 Å². The van der Waals surface area contributed by atoms with Crippen LogP contribution in [0.5, 0.6) is 0 Å². The second-order valence-corrected chi connectivity index (χ2v) is 6.63. The number of hydrogen-bond acceptors (Lipinski definition) is 5. The van der Waals surface area contributed by atoms with E-state index in [0.29, 0.717) is 29.3 Å². The summed E-state index contributed by atoms with van der Waals surface area (Å²) >= 11 is 0. The SMILES string of the molecule is COC(=O)c1cncc(C(=O)NCC(C)N2CCC(C)CC2)c1C. The average Bonchev–Trinajstić information content (AvgIpc) is 2.59. The fraction of sp³-hybridized carbons (Fsp3) is 0.611. The van der Waals surface area contributed by atoms with Gasteiger partial charge in [-0.2, -0.15) is 0 Å². The zero-order valence-electron chi connectivity index (χ0n) is 15.0. The van der Waals surface area contributed by atoms with Crippen molar-refractivity contribution in [2.75, 3.05) is 26.7 Å². The molecule has 6 heteroatoms. The highest BCUT2D eigenvalue weighted by molar-refractivity contribution is 5.99. The minimum atomic E-state index is -0.481. The molecule has 2 rings (SSSR count). The van der Waals surface area contributed by atoms with Gasteiger partial charge in [0.1, 0.15) is 0 Å². The second kappa shape index (κ2) is 8.24. The second-order valence-electron chi connectivity index (χ2n) is 6.63. The molecule has 1 aliphatic rings. The summed E-state index contributed by atoms with van der Waals surface area (Å²) in [5.41, 5.74) is 1.33. The molecule has 0 saturated carbocycles. The van der Waals surface area contributed by atoms with Crippen molar-refractivity contribution in [1.82, 2.24) is 15.2 Å². The standard InChI is InChI=1S/C18H27N3O3/c1-12-5-7-21(8-6-12)13(2)9-20-17(22)15-10-19-11-16(14(15)3)18(23)24-4/h10-13H,5-9H2,1-4H3,(H,20,22). The lowest BCUT2D eigenvalue weighted by Crippen LogP contribution is -2.45. The minimum Gasteiger partial charge on any atom is -0.465 e. The van der Waals surface area contributed by atoms with Gasteiger partial charge in [-0.3, -0.25) is 14.7 Å². The predicted molar refractivity (Wildman–Crippen MR) is 92.1 cm³/mol. The van der Waals surface area contributed by atoms with Crippen LogP contribution >= 0.6 is 0 Å². The number of amides is 1. The summed E-state index contributed by atoms with van der Waals surface area (Å²) in [5, 5.41) is 2.96. The van der Waals surface area contributed by atoms with Crippen molar-refractivity contribution in [2.45, 2.75) is 39.7 Å². The van der Waals surface area contributed by atoms with E-state index in [9.17, 15) is 9.59 Å². The number of likely N-dealkylation sites (tertiary alicyclic amines) is 1. The van der Waals surface area contributed by atoms with Gasteiger partial charge < -0.3 is 10.1 Å². The number of carbonyl (C=O) groups is 2. The van der Waals surface area contributed by atoms with Crippen LogP contribution in [-0.4, -0.2) is 54.5 Å². The molecule has 2 heterocycles. The lowest BCUT2D eigenvalue weighted by Gasteiger charge is -2.35. The van der Waals surface area contributed by atoms with Gasteiger partial charge in [0, 0.05) is 25.0 Å². The van der Waals surface area contributed by atoms with Crippen LogP contribution in [0.25, 0.3) is 0 Å². The first kappa shape index (κ1) is 18.4. The van der Waals surface area contributed by atoms with Gasteiger partial charge >= 0.3 is 5.97 Å². The van der Waals surface area contributed by atoms with E-state index in [2.05, 4.69) is 29.0 Å². The number of methoxy groups -OCH3 is 1. The van der Waals surface area contributed by atoms with Gasteiger partial charge in [0.25, 0.3) is 5.91 Å². The summed E-state index contributed by atoms with van der Waals surface area (Å²) in [6.45, 7) is 8.89. The molecule has 1 atom stereocenters. The van der Waals surface area contributed by atoms with Crippen LogP contribution in [0.4, 0.5) is 0 Å². The maximum absolute atomic E-state index is 12.4. The molecular formula is C18H27N3O3. The number of hydrogen-bond donors (Lipinski definition) is 1. The van der Waals surface area contributed by atoms with Gasteiger partial charge in [-0.05, 0) is 51.3 Å². The smallest absolute Gasteiger partial charge is 0.339 e. The Labute approximate surface area is 143 Å². The molecule has 24 heavy (non-hydrogen) atoms. The Morgan fingerprint density at radius 2 is 1.96 bits per heavy atom. The Morgan fingerprint density at radius 1 is 1.33 bits per heavy atom. The molecule has 0 bridgehead atoms. The van der Waals surface area contributed by atoms with Gasteiger partial charge in [-0.1, -0.05) is 6.92 Å². The molecular weight excluding hydrogens is 306 g/mol. The quantitative estimate of drug-likeness (QED) is 0.835. The number of aromatic nitrogens is 1. The summed E-state index contributed by atoms with van der Waals surface area (Å²) in [4.78, 5) is 30.6. The van der Waals surface area contributed by atoms with E-state index in [4.69, 9.17) is 4.74 Å². The van der Waals surface area contributed by atoms with E-state index in [1.165, 1.54) is 32.3 Å². The molecule has 1 N–H and O–H groups in total. The highest BCUT2D eigenvalue weighted by Crippen LogP contribution is 2.18. The average molecular weight is 333 g/mol. The molecule has 132 valence electrons. The van der Waals surface area contributed by atoms with Gasteiger partial charge in [0.05, 0.1) is 18.2 Å². The van der Waals surface area contributed by atoms with E-state index < -0.39 is 5.97 Å². The van der Waals surface area contributed by atoms with Crippen molar-refractivity contribution in [3.63, 3.8) is 0 Å². The van der Waals surface area contributed by atoms with E-state index in [0.717, 1.165) is 19.0 Å². The monoisotopic (exact) mass is 333 g/mol. The highest BCUT2D eigenvalue weighted by Gasteiger charge is 2.22. The van der Waals surface area contributed by atoms with Crippen molar-refractivity contribution in [3.8, 4) is 0 Å². The van der Waals surface area contributed by atoms with Crippen LogP contribution in [0, 0.1) is 12.8 Å². The Kier molecular flexibility index (Phi) is 6.31. The molecule has 0 aromatic carbocycles. The lowest BCUT2D eigenvalue weighted by molar-refractivity contribution is 0.0599. The van der Waals surface area contributed by atoms with Crippen molar-refractivity contribution in [2.24, 2.45) is 5.92 Å². The zero-order chi connectivity index (χ0) is 17.7. The van der Waals surface area contributed by atoms with Crippen LogP contribution in [0.1, 0.15) is 53.0 Å². The Bertz CT molecular complexity index is 595. The fourth-order valence-electron chi connectivity index (χ4n) is 3.00. The number of nitrogens with zero attached hydrogens (tertiary/aromatic N) is 2. The van der Waals surface area contributed by atoms with Crippen molar-refractivity contribution >= 4 is 11.9 Å². The molecule has 1 saturated heterocycles. The predicted octanol–water partition coefficient (Wildman–Crippen LogP) is 2.03. The van der Waals surface area contributed by atoms with Gasteiger partial charge in [0.15, 0.2) is 0 Å². The third-order valence-electron chi connectivity index (χ3n) is 4.86. The number of esters is 1. The van der Waals surface area contributed by atoms with E-state index in [1.54, 1.807) is 6.92 Å². The maximum Gasteiger partial charge on any atom is 0.339 e. The van der Waals surface area contributed by atoms with Gasteiger partial charge in [0.2, 0.25) is 0 Å². The molecule has 0 aliphatic carbocycles. The van der Waals surface area contributed by atoms with E-state index in [-0.39, 0.29) is 5.91 Å². The van der Waals surface area contributed by atoms with Crippen LogP contribution in [0.15, 0.2) is 12.4 Å². The molecule has 1 amide bonds. The normalized spacial score (nSPS) is 17.3. The molecule has 1 aliphatic heterocycles. The molecule has 6 nitrogen and oxygen atoms in total. The number of ether oxygens (including phenoxy) is 1. The molecule has 0 radical (unpaired) electrons. The number of piperidine rings is 1. The van der Waals surface area contributed by atoms with Crippen molar-refractivity contribution < 1.29 is 14.3 Å². The van der Waals surface area contributed by atoms with Crippen LogP contribution in [0.3, 0.4) is 0 Å². The van der Waals surface area contributed by atoms with Crippen LogP contribution in [-0.2, 0) is 4.74 Å². The number of rotatable bonds is 5. The summed E-state index contributed by atoms with van der Waals surface area (Å²) in [7, 11) is 1.32. The van der Waals surface area contributed by atoms with E-state index in [1.807, 2.05) is 0 Å². The molecule has 1 aromatic rings. The van der Waals surface area contributed by atoms with Crippen molar-refractivity contribution in [3.05, 3.63) is 29.1 Å². The summed E-state index contributed by atoms with van der Waals surface area (Å²) in [5.74, 6) is 0.103. The molecule has 0 spiro atoms. The largest absolute Gasteiger partial charge is 0.465 e. The van der Waals surface area contributed by atoms with Gasteiger partial charge in [-0.25, -0.2) is 4.79 Å². The molecule has 1 unspecified atom stereocenters. The topological polar surface area (TPSA) is 71.5 Å². The number of pyridine rings is 1. The lowest BCUT2D eigenvalue weighted by atomic mass is 9.98.